The van der Waals surface area contributed by atoms with Crippen LogP contribution in [0.4, 0.5) is 4.79 Å². The van der Waals surface area contributed by atoms with Gasteiger partial charge in [0.15, 0.2) is 5.76 Å². The number of carbonyl (C=O) groups is 1. The highest BCUT2D eigenvalue weighted by atomic mass is 16.6. The Labute approximate surface area is 132 Å². The van der Waals surface area contributed by atoms with Crippen molar-refractivity contribution in [3.63, 3.8) is 0 Å². The molecule has 22 heavy (non-hydrogen) atoms. The summed E-state index contributed by atoms with van der Waals surface area (Å²) in [6.45, 7) is 9.38. The molecule has 1 amide bonds. The van der Waals surface area contributed by atoms with Crippen LogP contribution in [0.15, 0.2) is 16.8 Å². The quantitative estimate of drug-likeness (QED) is 0.926. The Morgan fingerprint density at radius 2 is 2.32 bits per heavy atom. The minimum absolute atomic E-state index is 0.0260. The van der Waals surface area contributed by atoms with Crippen molar-refractivity contribution in [2.24, 2.45) is 0 Å². The van der Waals surface area contributed by atoms with Crippen molar-refractivity contribution in [1.82, 2.24) is 15.4 Å². The van der Waals surface area contributed by atoms with Crippen LogP contribution in [0.25, 0.3) is 0 Å². The number of hydrogen-bond donors (Lipinski definition) is 1. The van der Waals surface area contributed by atoms with Gasteiger partial charge in [-0.3, -0.25) is 4.90 Å². The molecule has 0 aliphatic carbocycles. The van der Waals surface area contributed by atoms with Gasteiger partial charge < -0.3 is 14.6 Å². The maximum atomic E-state index is 12.0. The smallest absolute Gasteiger partial charge is 0.407 e. The molecule has 0 bridgehead atoms. The number of nitrogens with one attached hydrogen (secondary N) is 1. The topological polar surface area (TPSA) is 67.6 Å². The highest BCUT2D eigenvalue weighted by molar-refractivity contribution is 5.68. The first-order valence-corrected chi connectivity index (χ1v) is 7.98. The van der Waals surface area contributed by atoms with Crippen molar-refractivity contribution in [2.75, 3.05) is 6.54 Å². The Hall–Kier alpha value is -1.56. The summed E-state index contributed by atoms with van der Waals surface area (Å²) in [5, 5.41) is 6.72. The fourth-order valence-corrected chi connectivity index (χ4v) is 2.89. The van der Waals surface area contributed by atoms with Crippen LogP contribution in [0.1, 0.15) is 52.7 Å². The fourth-order valence-electron chi connectivity index (χ4n) is 2.89. The highest BCUT2D eigenvalue weighted by Crippen LogP contribution is 2.22. The molecule has 0 spiro atoms. The van der Waals surface area contributed by atoms with E-state index in [-0.39, 0.29) is 18.2 Å². The normalized spacial score (nSPS) is 21.4. The molecule has 1 aromatic rings. The van der Waals surface area contributed by atoms with E-state index in [1.54, 1.807) is 6.20 Å². The lowest BCUT2D eigenvalue weighted by atomic mass is 9.96. The number of ether oxygens (including phenoxy) is 1. The molecule has 2 rings (SSSR count). The van der Waals surface area contributed by atoms with Crippen molar-refractivity contribution >= 4 is 6.09 Å². The van der Waals surface area contributed by atoms with E-state index in [1.807, 2.05) is 33.8 Å². The molecule has 6 nitrogen and oxygen atoms in total. The Bertz CT molecular complexity index is 467. The second kappa shape index (κ2) is 7.13. The van der Waals surface area contributed by atoms with Crippen LogP contribution >= 0.6 is 0 Å². The largest absolute Gasteiger partial charge is 0.444 e. The second-order valence-electron chi connectivity index (χ2n) is 6.95. The Balaban J connectivity index is 1.93. The summed E-state index contributed by atoms with van der Waals surface area (Å²) >= 11 is 0. The molecular formula is C16H27N3O3. The molecule has 2 atom stereocenters. The Morgan fingerprint density at radius 3 is 2.95 bits per heavy atom. The highest BCUT2D eigenvalue weighted by Gasteiger charge is 2.30. The standard InChI is InChI=1S/C16H27N3O3/c1-12(18-15(20)21-16(2,3)4)14-7-5-6-10-19(14)11-13-8-9-17-22-13/h8-9,12,14H,5-7,10-11H2,1-4H3,(H,18,20). The third-order valence-electron chi connectivity index (χ3n) is 3.84. The summed E-state index contributed by atoms with van der Waals surface area (Å²) in [4.78, 5) is 14.3. The van der Waals surface area contributed by atoms with Crippen molar-refractivity contribution in [1.29, 1.82) is 0 Å². The number of amides is 1. The van der Waals surface area contributed by atoms with Gasteiger partial charge in [-0.2, -0.15) is 0 Å². The van der Waals surface area contributed by atoms with E-state index >= 15 is 0 Å². The molecule has 1 aromatic heterocycles. The van der Waals surface area contributed by atoms with Crippen LogP contribution in [-0.4, -0.2) is 40.4 Å². The fraction of sp³-hybridized carbons (Fsp3) is 0.750. The summed E-state index contributed by atoms with van der Waals surface area (Å²) in [5.41, 5.74) is -0.476. The van der Waals surface area contributed by atoms with Crippen molar-refractivity contribution < 1.29 is 14.1 Å². The molecule has 0 radical (unpaired) electrons. The van der Waals surface area contributed by atoms with E-state index in [2.05, 4.69) is 15.4 Å². The zero-order valence-electron chi connectivity index (χ0n) is 14.0. The van der Waals surface area contributed by atoms with Crippen molar-refractivity contribution in [3.05, 3.63) is 18.0 Å². The van der Waals surface area contributed by atoms with E-state index in [0.717, 1.165) is 25.3 Å². The number of alkyl carbamates (subject to hydrolysis) is 1. The minimum atomic E-state index is -0.476. The van der Waals surface area contributed by atoms with Crippen LogP contribution in [0.5, 0.6) is 0 Å². The lowest BCUT2D eigenvalue weighted by Gasteiger charge is -2.39. The summed E-state index contributed by atoms with van der Waals surface area (Å²) < 4.78 is 10.6. The first kappa shape index (κ1) is 16.8. The van der Waals surface area contributed by atoms with Crippen molar-refractivity contribution in [2.45, 2.75) is 71.2 Å². The molecule has 1 aliphatic heterocycles. The van der Waals surface area contributed by atoms with E-state index in [4.69, 9.17) is 9.26 Å². The van der Waals surface area contributed by atoms with Gasteiger partial charge in [0.05, 0.1) is 12.7 Å². The molecule has 1 N–H and O–H groups in total. The number of piperidine rings is 1. The number of carbonyl (C=O) groups excluding carboxylic acids is 1. The summed E-state index contributed by atoms with van der Waals surface area (Å²) in [5.74, 6) is 0.858. The van der Waals surface area contributed by atoms with Crippen molar-refractivity contribution in [3.8, 4) is 0 Å². The average Bonchev–Trinajstić information content (AvgIpc) is 2.89. The second-order valence-corrected chi connectivity index (χ2v) is 6.95. The number of aromatic nitrogens is 1. The van der Waals surface area contributed by atoms with Gasteiger partial charge in [-0.1, -0.05) is 11.6 Å². The van der Waals surface area contributed by atoms with Crippen LogP contribution < -0.4 is 5.32 Å². The van der Waals surface area contributed by atoms with Gasteiger partial charge in [0.25, 0.3) is 0 Å². The molecule has 1 aliphatic rings. The Kier molecular flexibility index (Phi) is 5.45. The molecule has 6 heteroatoms. The molecule has 2 heterocycles. The first-order valence-electron chi connectivity index (χ1n) is 7.98. The number of hydrogen-bond acceptors (Lipinski definition) is 5. The minimum Gasteiger partial charge on any atom is -0.444 e. The van der Waals surface area contributed by atoms with E-state index in [1.165, 1.54) is 12.8 Å². The van der Waals surface area contributed by atoms with Gasteiger partial charge >= 0.3 is 6.09 Å². The van der Waals surface area contributed by atoms with Crippen LogP contribution in [-0.2, 0) is 11.3 Å². The molecule has 0 aromatic carbocycles. The monoisotopic (exact) mass is 309 g/mol. The summed E-state index contributed by atoms with van der Waals surface area (Å²) in [7, 11) is 0. The Morgan fingerprint density at radius 1 is 1.55 bits per heavy atom. The summed E-state index contributed by atoms with van der Waals surface area (Å²) in [6.07, 6.45) is 4.72. The van der Waals surface area contributed by atoms with Crippen LogP contribution in [0.2, 0.25) is 0 Å². The average molecular weight is 309 g/mol. The van der Waals surface area contributed by atoms with E-state index in [9.17, 15) is 4.79 Å². The van der Waals surface area contributed by atoms with Crippen LogP contribution in [0, 0.1) is 0 Å². The van der Waals surface area contributed by atoms with Gasteiger partial charge in [0, 0.05) is 18.2 Å². The zero-order chi connectivity index (χ0) is 16.2. The number of likely N-dealkylation sites (tertiary alicyclic amines) is 1. The number of nitrogens with zero attached hydrogens (tertiary/aromatic N) is 2. The van der Waals surface area contributed by atoms with Gasteiger partial charge in [-0.25, -0.2) is 4.79 Å². The van der Waals surface area contributed by atoms with E-state index < -0.39 is 5.60 Å². The van der Waals surface area contributed by atoms with Gasteiger partial charge in [-0.05, 0) is 47.1 Å². The molecule has 2 unspecified atom stereocenters. The van der Waals surface area contributed by atoms with E-state index in [0.29, 0.717) is 0 Å². The van der Waals surface area contributed by atoms with Gasteiger partial charge in [-0.15, -0.1) is 0 Å². The lowest BCUT2D eigenvalue weighted by molar-refractivity contribution is 0.0428. The van der Waals surface area contributed by atoms with Gasteiger partial charge in [0.1, 0.15) is 5.60 Å². The molecule has 0 saturated carbocycles. The lowest BCUT2D eigenvalue weighted by Crippen LogP contribution is -2.52. The first-order chi connectivity index (χ1) is 10.3. The zero-order valence-corrected chi connectivity index (χ0v) is 14.0. The van der Waals surface area contributed by atoms with Gasteiger partial charge in [0.2, 0.25) is 0 Å². The predicted molar refractivity (Wildman–Crippen MR) is 83.4 cm³/mol. The third-order valence-corrected chi connectivity index (χ3v) is 3.84. The van der Waals surface area contributed by atoms with Crippen LogP contribution in [0.3, 0.4) is 0 Å². The SMILES string of the molecule is CC(NC(=O)OC(C)(C)C)C1CCCCN1Cc1ccno1. The maximum absolute atomic E-state index is 12.0. The maximum Gasteiger partial charge on any atom is 0.407 e. The summed E-state index contributed by atoms with van der Waals surface area (Å²) in [6, 6.07) is 2.20. The molecule has 1 saturated heterocycles. The third kappa shape index (κ3) is 5.02. The predicted octanol–water partition coefficient (Wildman–Crippen LogP) is 2.94. The molecular weight excluding hydrogens is 282 g/mol. The molecule has 124 valence electrons. The molecule has 1 fully saturated rings. The number of rotatable bonds is 4.